The Hall–Kier alpha value is -0.280. The standard InChI is InChI=1S/C12H14BrClFN/c1-7(2)8-5-16(6-8)12-10(13)3-9(15)4-11(12)14/h3-4,7-8H,5-6H2,1-2H3. The van der Waals surface area contributed by atoms with Gasteiger partial charge in [0.15, 0.2) is 0 Å². The highest BCUT2D eigenvalue weighted by Crippen LogP contribution is 2.39. The SMILES string of the molecule is CC(C)C1CN(c2c(Cl)cc(F)cc2Br)C1. The topological polar surface area (TPSA) is 3.24 Å². The van der Waals surface area contributed by atoms with Crippen LogP contribution in [-0.2, 0) is 0 Å². The lowest BCUT2D eigenvalue weighted by molar-refractivity contribution is 0.309. The number of halogens is 3. The minimum absolute atomic E-state index is 0.304. The van der Waals surface area contributed by atoms with Crippen LogP contribution in [0.5, 0.6) is 0 Å². The van der Waals surface area contributed by atoms with Crippen molar-refractivity contribution in [2.75, 3.05) is 18.0 Å². The third-order valence-corrected chi connectivity index (χ3v) is 4.04. The number of hydrogen-bond donors (Lipinski definition) is 0. The van der Waals surface area contributed by atoms with Gasteiger partial charge in [-0.05, 0) is 39.9 Å². The van der Waals surface area contributed by atoms with E-state index in [0.29, 0.717) is 16.9 Å². The summed E-state index contributed by atoms with van der Waals surface area (Å²) in [6.45, 7) is 6.45. The molecule has 0 atom stereocenters. The largest absolute Gasteiger partial charge is 0.369 e. The first-order valence-corrected chi connectivity index (χ1v) is 6.55. The van der Waals surface area contributed by atoms with Crippen molar-refractivity contribution in [3.8, 4) is 0 Å². The van der Waals surface area contributed by atoms with Crippen LogP contribution < -0.4 is 4.90 Å². The summed E-state index contributed by atoms with van der Waals surface area (Å²) in [5, 5.41) is 0.481. The molecule has 0 spiro atoms. The predicted molar refractivity (Wildman–Crippen MR) is 69.7 cm³/mol. The number of hydrogen-bond acceptors (Lipinski definition) is 1. The first-order valence-electron chi connectivity index (χ1n) is 5.38. The van der Waals surface area contributed by atoms with E-state index in [4.69, 9.17) is 11.6 Å². The van der Waals surface area contributed by atoms with E-state index < -0.39 is 0 Å². The maximum Gasteiger partial charge on any atom is 0.125 e. The second-order valence-electron chi connectivity index (χ2n) is 4.63. The molecule has 0 radical (unpaired) electrons. The van der Waals surface area contributed by atoms with Gasteiger partial charge in [-0.25, -0.2) is 4.39 Å². The van der Waals surface area contributed by atoms with Crippen molar-refractivity contribution >= 4 is 33.2 Å². The van der Waals surface area contributed by atoms with Gasteiger partial charge in [0, 0.05) is 17.6 Å². The molecular weight excluding hydrogens is 292 g/mol. The fourth-order valence-corrected chi connectivity index (χ4v) is 3.08. The van der Waals surface area contributed by atoms with Gasteiger partial charge in [-0.1, -0.05) is 25.4 Å². The van der Waals surface area contributed by atoms with Crippen molar-refractivity contribution < 1.29 is 4.39 Å². The lowest BCUT2D eigenvalue weighted by Crippen LogP contribution is -2.49. The zero-order valence-corrected chi connectivity index (χ0v) is 11.6. The zero-order valence-electron chi connectivity index (χ0n) is 9.30. The van der Waals surface area contributed by atoms with Gasteiger partial charge in [-0.3, -0.25) is 0 Å². The molecule has 0 aromatic heterocycles. The fraction of sp³-hybridized carbons (Fsp3) is 0.500. The summed E-state index contributed by atoms with van der Waals surface area (Å²) < 4.78 is 13.8. The lowest BCUT2D eigenvalue weighted by Gasteiger charge is -2.44. The van der Waals surface area contributed by atoms with Crippen LogP contribution in [0.2, 0.25) is 5.02 Å². The van der Waals surface area contributed by atoms with Crippen LogP contribution in [0.4, 0.5) is 10.1 Å². The molecule has 1 aliphatic heterocycles. The van der Waals surface area contributed by atoms with Crippen molar-refractivity contribution in [2.45, 2.75) is 13.8 Å². The van der Waals surface area contributed by atoms with E-state index in [1.165, 1.54) is 12.1 Å². The van der Waals surface area contributed by atoms with Crippen LogP contribution in [0.25, 0.3) is 0 Å². The molecule has 0 unspecified atom stereocenters. The Morgan fingerprint density at radius 1 is 1.44 bits per heavy atom. The molecule has 1 heterocycles. The van der Waals surface area contributed by atoms with Crippen LogP contribution in [0, 0.1) is 17.7 Å². The third-order valence-electron chi connectivity index (χ3n) is 3.15. The molecule has 1 saturated heterocycles. The van der Waals surface area contributed by atoms with Crippen LogP contribution in [0.15, 0.2) is 16.6 Å². The van der Waals surface area contributed by atoms with E-state index in [0.717, 1.165) is 23.2 Å². The average molecular weight is 307 g/mol. The van der Waals surface area contributed by atoms with Crippen molar-refractivity contribution in [1.29, 1.82) is 0 Å². The third kappa shape index (κ3) is 2.21. The Balaban J connectivity index is 2.18. The van der Waals surface area contributed by atoms with Gasteiger partial charge in [0.1, 0.15) is 5.82 Å². The monoisotopic (exact) mass is 305 g/mol. The molecule has 1 aromatic rings. The highest BCUT2D eigenvalue weighted by Gasteiger charge is 2.31. The van der Waals surface area contributed by atoms with E-state index >= 15 is 0 Å². The van der Waals surface area contributed by atoms with Gasteiger partial charge >= 0.3 is 0 Å². The molecule has 0 amide bonds. The number of anilines is 1. The van der Waals surface area contributed by atoms with Gasteiger partial charge in [-0.15, -0.1) is 0 Å². The zero-order chi connectivity index (χ0) is 11.9. The summed E-state index contributed by atoms with van der Waals surface area (Å²) in [7, 11) is 0. The van der Waals surface area contributed by atoms with Crippen molar-refractivity contribution in [3.63, 3.8) is 0 Å². The van der Waals surface area contributed by atoms with E-state index in [1.807, 2.05) is 0 Å². The lowest BCUT2D eigenvalue weighted by atomic mass is 9.88. The van der Waals surface area contributed by atoms with Gasteiger partial charge in [-0.2, -0.15) is 0 Å². The second-order valence-corrected chi connectivity index (χ2v) is 5.89. The normalized spacial score (nSPS) is 16.8. The Labute approximate surface area is 109 Å². The molecule has 1 nitrogen and oxygen atoms in total. The fourth-order valence-electron chi connectivity index (χ4n) is 1.95. The van der Waals surface area contributed by atoms with Crippen molar-refractivity contribution in [3.05, 3.63) is 27.4 Å². The van der Waals surface area contributed by atoms with Crippen LogP contribution in [0.3, 0.4) is 0 Å². The van der Waals surface area contributed by atoms with Gasteiger partial charge in [0.05, 0.1) is 10.7 Å². The molecule has 16 heavy (non-hydrogen) atoms. The highest BCUT2D eigenvalue weighted by molar-refractivity contribution is 9.10. The number of benzene rings is 1. The molecular formula is C12H14BrClFN. The first kappa shape index (κ1) is 12.2. The molecule has 1 fully saturated rings. The Bertz CT molecular complexity index is 379. The van der Waals surface area contributed by atoms with Gasteiger partial charge < -0.3 is 4.90 Å². The van der Waals surface area contributed by atoms with Gasteiger partial charge in [0.25, 0.3) is 0 Å². The quantitative estimate of drug-likeness (QED) is 0.786. The molecule has 0 saturated carbocycles. The van der Waals surface area contributed by atoms with Crippen LogP contribution in [0.1, 0.15) is 13.8 Å². The summed E-state index contributed by atoms with van der Waals surface area (Å²) in [6, 6.07) is 2.83. The summed E-state index contributed by atoms with van der Waals surface area (Å²) in [4.78, 5) is 2.19. The molecule has 88 valence electrons. The van der Waals surface area contributed by atoms with E-state index in [1.54, 1.807) is 0 Å². The van der Waals surface area contributed by atoms with E-state index in [9.17, 15) is 4.39 Å². The minimum Gasteiger partial charge on any atom is -0.369 e. The number of rotatable bonds is 2. The maximum atomic E-state index is 13.1. The first-order chi connectivity index (χ1) is 7.49. The molecule has 0 N–H and O–H groups in total. The predicted octanol–water partition coefficient (Wildman–Crippen LogP) is 4.33. The summed E-state index contributed by atoms with van der Waals surface area (Å²) in [5.74, 6) is 1.10. The van der Waals surface area contributed by atoms with Gasteiger partial charge in [0.2, 0.25) is 0 Å². The summed E-state index contributed by atoms with van der Waals surface area (Å²) in [6.07, 6.45) is 0. The molecule has 0 bridgehead atoms. The maximum absolute atomic E-state index is 13.1. The smallest absolute Gasteiger partial charge is 0.125 e. The van der Waals surface area contributed by atoms with Crippen LogP contribution >= 0.6 is 27.5 Å². The Morgan fingerprint density at radius 3 is 2.56 bits per heavy atom. The van der Waals surface area contributed by atoms with Crippen molar-refractivity contribution in [2.24, 2.45) is 11.8 Å². The summed E-state index contributed by atoms with van der Waals surface area (Å²) >= 11 is 9.42. The second kappa shape index (κ2) is 4.53. The molecule has 0 aliphatic carbocycles. The molecule has 4 heteroatoms. The number of nitrogens with zero attached hydrogens (tertiary/aromatic N) is 1. The molecule has 1 aromatic carbocycles. The Morgan fingerprint density at radius 2 is 2.06 bits per heavy atom. The summed E-state index contributed by atoms with van der Waals surface area (Å²) in [5.41, 5.74) is 0.917. The average Bonchev–Trinajstić information content (AvgIpc) is 2.05. The molecule has 1 aliphatic rings. The van der Waals surface area contributed by atoms with E-state index in [2.05, 4.69) is 34.7 Å². The van der Waals surface area contributed by atoms with E-state index in [-0.39, 0.29) is 5.82 Å². The molecule has 2 rings (SSSR count). The van der Waals surface area contributed by atoms with Crippen molar-refractivity contribution in [1.82, 2.24) is 0 Å². The Kier molecular flexibility index (Phi) is 3.45. The highest BCUT2D eigenvalue weighted by atomic mass is 79.9. The minimum atomic E-state index is -0.304. The van der Waals surface area contributed by atoms with Crippen LogP contribution in [-0.4, -0.2) is 13.1 Å².